The van der Waals surface area contributed by atoms with Crippen molar-refractivity contribution in [2.24, 2.45) is 0 Å². The van der Waals surface area contributed by atoms with Crippen LogP contribution in [-0.2, 0) is 11.3 Å². The van der Waals surface area contributed by atoms with E-state index >= 15 is 0 Å². The molecule has 1 aliphatic carbocycles. The number of hydrogen-bond donors (Lipinski definition) is 1. The van der Waals surface area contributed by atoms with E-state index in [4.69, 9.17) is 4.74 Å². The highest BCUT2D eigenvalue weighted by Crippen LogP contribution is 2.37. The third-order valence-corrected chi connectivity index (χ3v) is 4.24. The molecule has 0 saturated carbocycles. The van der Waals surface area contributed by atoms with Gasteiger partial charge < -0.3 is 14.4 Å². The van der Waals surface area contributed by atoms with Gasteiger partial charge in [-0.3, -0.25) is 9.59 Å². The lowest BCUT2D eigenvalue weighted by atomic mass is 9.86. The molecule has 124 valence electrons. The van der Waals surface area contributed by atoms with Gasteiger partial charge in [-0.25, -0.2) is 4.79 Å². The van der Waals surface area contributed by atoms with E-state index in [-0.39, 0.29) is 41.1 Å². The van der Waals surface area contributed by atoms with Crippen molar-refractivity contribution in [2.45, 2.75) is 13.5 Å². The number of hydrogen-bond acceptors (Lipinski definition) is 5. The Bertz CT molecular complexity index is 868. The number of aromatic nitrogens is 1. The maximum absolute atomic E-state index is 12.9. The predicted molar refractivity (Wildman–Crippen MR) is 89.2 cm³/mol. The van der Waals surface area contributed by atoms with Crippen molar-refractivity contribution in [3.8, 4) is 5.88 Å². The molecule has 3 rings (SSSR count). The van der Waals surface area contributed by atoms with Crippen LogP contribution in [0.1, 0.15) is 49.3 Å². The molecule has 0 fully saturated rings. The summed E-state index contributed by atoms with van der Waals surface area (Å²) in [5, 5.41) is 10.9. The van der Waals surface area contributed by atoms with Crippen LogP contribution in [0.25, 0.3) is 0 Å². The van der Waals surface area contributed by atoms with Crippen LogP contribution in [-0.4, -0.2) is 39.1 Å². The highest BCUT2D eigenvalue weighted by molar-refractivity contribution is 9.09. The van der Waals surface area contributed by atoms with Gasteiger partial charge in [-0.2, -0.15) is 0 Å². The zero-order valence-corrected chi connectivity index (χ0v) is 14.4. The number of ketones is 2. The Morgan fingerprint density at radius 2 is 1.83 bits per heavy atom. The lowest BCUT2D eigenvalue weighted by molar-refractivity contribution is 0.0520. The van der Waals surface area contributed by atoms with Gasteiger partial charge in [-0.15, -0.1) is 0 Å². The summed E-state index contributed by atoms with van der Waals surface area (Å²) in [6.07, 6.45) is 0. The first-order chi connectivity index (χ1) is 11.5. The molecule has 24 heavy (non-hydrogen) atoms. The van der Waals surface area contributed by atoms with E-state index in [1.165, 1.54) is 10.6 Å². The van der Waals surface area contributed by atoms with Gasteiger partial charge in [0.05, 0.1) is 12.2 Å². The van der Waals surface area contributed by atoms with Crippen LogP contribution < -0.4 is 0 Å². The van der Waals surface area contributed by atoms with Crippen molar-refractivity contribution in [2.75, 3.05) is 11.9 Å². The summed E-state index contributed by atoms with van der Waals surface area (Å²) < 4.78 is 6.23. The molecular formula is C17H14BrNO5. The van der Waals surface area contributed by atoms with Crippen LogP contribution in [0.4, 0.5) is 0 Å². The Hall–Kier alpha value is -2.41. The van der Waals surface area contributed by atoms with Crippen LogP contribution in [0.5, 0.6) is 5.88 Å². The molecule has 1 heterocycles. The molecule has 7 heteroatoms. The highest BCUT2D eigenvalue weighted by Gasteiger charge is 2.40. The molecular weight excluding hydrogens is 378 g/mol. The molecule has 0 aliphatic heterocycles. The van der Waals surface area contributed by atoms with Crippen molar-refractivity contribution >= 4 is 33.5 Å². The van der Waals surface area contributed by atoms with Crippen molar-refractivity contribution in [3.63, 3.8) is 0 Å². The average molecular weight is 392 g/mol. The standard InChI is InChI=1S/C17H14BrNO5/c1-2-24-17(23)12-11-13(19(8-7-18)16(12)22)15(21)10-6-4-3-5-9(10)14(11)20/h3-6,22H,2,7-8H2,1H3. The molecule has 1 aromatic heterocycles. The number of carbonyl (C=O) groups is 3. The van der Waals surface area contributed by atoms with E-state index in [1.807, 2.05) is 0 Å². The number of aromatic hydroxyl groups is 1. The number of rotatable bonds is 4. The molecule has 0 radical (unpaired) electrons. The van der Waals surface area contributed by atoms with Gasteiger partial charge >= 0.3 is 5.97 Å². The predicted octanol–water partition coefficient (Wildman–Crippen LogP) is 2.54. The van der Waals surface area contributed by atoms with Gasteiger partial charge in [-0.1, -0.05) is 40.2 Å². The number of ether oxygens (including phenoxy) is 1. The lowest BCUT2D eigenvalue weighted by Gasteiger charge is -2.16. The van der Waals surface area contributed by atoms with Crippen LogP contribution >= 0.6 is 15.9 Å². The van der Waals surface area contributed by atoms with Gasteiger partial charge in [0.2, 0.25) is 11.7 Å². The minimum absolute atomic E-state index is 0.0266. The minimum atomic E-state index is -0.819. The summed E-state index contributed by atoms with van der Waals surface area (Å²) >= 11 is 3.25. The van der Waals surface area contributed by atoms with Crippen molar-refractivity contribution in [3.05, 3.63) is 52.2 Å². The first-order valence-electron chi connectivity index (χ1n) is 7.39. The third kappa shape index (κ3) is 2.27. The van der Waals surface area contributed by atoms with Gasteiger partial charge in [-0.05, 0) is 6.92 Å². The fourth-order valence-corrected chi connectivity index (χ4v) is 3.26. The van der Waals surface area contributed by atoms with E-state index < -0.39 is 23.4 Å². The summed E-state index contributed by atoms with van der Waals surface area (Å²) in [6.45, 7) is 1.95. The monoisotopic (exact) mass is 391 g/mol. The molecule has 0 spiro atoms. The topological polar surface area (TPSA) is 85.6 Å². The first kappa shape index (κ1) is 16.4. The van der Waals surface area contributed by atoms with Gasteiger partial charge in [0.1, 0.15) is 11.3 Å². The summed E-state index contributed by atoms with van der Waals surface area (Å²) in [7, 11) is 0. The zero-order valence-electron chi connectivity index (χ0n) is 12.8. The summed E-state index contributed by atoms with van der Waals surface area (Å²) in [4.78, 5) is 37.9. The number of nitrogens with zero attached hydrogens (tertiary/aromatic N) is 1. The molecule has 0 atom stereocenters. The molecule has 1 aliphatic rings. The van der Waals surface area contributed by atoms with E-state index in [1.54, 1.807) is 25.1 Å². The highest BCUT2D eigenvalue weighted by atomic mass is 79.9. The number of alkyl halides is 1. The summed E-state index contributed by atoms with van der Waals surface area (Å²) in [5.74, 6) is -2.11. The number of halogens is 1. The second-order valence-electron chi connectivity index (χ2n) is 5.19. The van der Waals surface area contributed by atoms with E-state index in [9.17, 15) is 19.5 Å². The molecule has 1 aromatic carbocycles. The van der Waals surface area contributed by atoms with Crippen molar-refractivity contribution in [1.29, 1.82) is 0 Å². The third-order valence-electron chi connectivity index (χ3n) is 3.88. The summed E-state index contributed by atoms with van der Waals surface area (Å²) in [5.41, 5.74) is 0.172. The average Bonchev–Trinajstić information content (AvgIpc) is 2.87. The SMILES string of the molecule is CCOC(=O)c1c2c(n(CCBr)c1O)C(=O)c1ccccc1C2=O. The maximum atomic E-state index is 12.9. The Balaban J connectivity index is 2.32. The molecule has 1 N–H and O–H groups in total. The van der Waals surface area contributed by atoms with Gasteiger partial charge in [0.15, 0.2) is 5.78 Å². The number of fused-ring (bicyclic) bond motifs is 2. The van der Waals surface area contributed by atoms with Crippen molar-refractivity contribution in [1.82, 2.24) is 4.57 Å². The Morgan fingerprint density at radius 1 is 1.21 bits per heavy atom. The minimum Gasteiger partial charge on any atom is -0.494 e. The molecule has 0 bridgehead atoms. The second-order valence-corrected chi connectivity index (χ2v) is 5.98. The quantitative estimate of drug-likeness (QED) is 0.545. The molecule has 6 nitrogen and oxygen atoms in total. The van der Waals surface area contributed by atoms with E-state index in [0.717, 1.165) is 0 Å². The number of esters is 1. The number of carbonyl (C=O) groups excluding carboxylic acids is 3. The van der Waals surface area contributed by atoms with Crippen LogP contribution in [0.3, 0.4) is 0 Å². The van der Waals surface area contributed by atoms with Crippen LogP contribution in [0.2, 0.25) is 0 Å². The van der Waals surface area contributed by atoms with Crippen molar-refractivity contribution < 1.29 is 24.2 Å². The van der Waals surface area contributed by atoms with E-state index in [0.29, 0.717) is 5.33 Å². The Labute approximate surface area is 146 Å². The zero-order chi connectivity index (χ0) is 17.4. The molecule has 0 amide bonds. The number of benzene rings is 1. The lowest BCUT2D eigenvalue weighted by Crippen LogP contribution is -2.24. The summed E-state index contributed by atoms with van der Waals surface area (Å²) in [6, 6.07) is 6.41. The van der Waals surface area contributed by atoms with Crippen LogP contribution in [0.15, 0.2) is 24.3 Å². The Morgan fingerprint density at radius 3 is 2.42 bits per heavy atom. The van der Waals surface area contributed by atoms with E-state index in [2.05, 4.69) is 15.9 Å². The maximum Gasteiger partial charge on any atom is 0.344 e. The van der Waals surface area contributed by atoms with Gasteiger partial charge in [0.25, 0.3) is 0 Å². The fraction of sp³-hybridized carbons (Fsp3) is 0.235. The first-order valence-corrected chi connectivity index (χ1v) is 8.52. The van der Waals surface area contributed by atoms with Crippen LogP contribution in [0, 0.1) is 0 Å². The van der Waals surface area contributed by atoms with Gasteiger partial charge in [0, 0.05) is 23.0 Å². The fourth-order valence-electron chi connectivity index (χ4n) is 2.90. The molecule has 0 saturated heterocycles. The second kappa shape index (κ2) is 6.24. The smallest absolute Gasteiger partial charge is 0.344 e. The largest absolute Gasteiger partial charge is 0.494 e. The normalized spacial score (nSPS) is 12.8. The molecule has 0 unspecified atom stereocenters. The Kier molecular flexibility index (Phi) is 4.28. The molecule has 2 aromatic rings.